The minimum absolute atomic E-state index is 0.0406. The molecule has 19 heavy (non-hydrogen) atoms. The Morgan fingerprint density at radius 2 is 2.16 bits per heavy atom. The van der Waals surface area contributed by atoms with Crippen LogP contribution in [0.3, 0.4) is 0 Å². The van der Waals surface area contributed by atoms with E-state index in [2.05, 4.69) is 0 Å². The van der Waals surface area contributed by atoms with Crippen molar-refractivity contribution >= 4 is 5.69 Å². The summed E-state index contributed by atoms with van der Waals surface area (Å²) < 4.78 is 38.5. The minimum atomic E-state index is -4.53. The zero-order chi connectivity index (χ0) is 14.0. The number of nitriles is 1. The van der Waals surface area contributed by atoms with Crippen molar-refractivity contribution in [1.82, 2.24) is 0 Å². The predicted octanol–water partition coefficient (Wildman–Crippen LogP) is 2.40. The van der Waals surface area contributed by atoms with Crippen molar-refractivity contribution in [2.24, 2.45) is 5.92 Å². The maximum atomic E-state index is 12.8. The summed E-state index contributed by atoms with van der Waals surface area (Å²) in [5, 5.41) is 17.8. The van der Waals surface area contributed by atoms with Crippen LogP contribution in [-0.4, -0.2) is 24.8 Å². The molecule has 0 saturated carbocycles. The molecule has 0 aliphatic carbocycles. The van der Waals surface area contributed by atoms with Crippen LogP contribution in [-0.2, 0) is 6.18 Å². The zero-order valence-corrected chi connectivity index (χ0v) is 10.1. The number of halogens is 3. The molecule has 1 fully saturated rings. The van der Waals surface area contributed by atoms with Crippen LogP contribution in [0, 0.1) is 17.2 Å². The lowest BCUT2D eigenvalue weighted by molar-refractivity contribution is -0.137. The lowest BCUT2D eigenvalue weighted by Crippen LogP contribution is -2.21. The van der Waals surface area contributed by atoms with E-state index < -0.39 is 11.7 Å². The second-order valence-electron chi connectivity index (χ2n) is 4.62. The second-order valence-corrected chi connectivity index (χ2v) is 4.62. The van der Waals surface area contributed by atoms with Gasteiger partial charge in [0.05, 0.1) is 17.2 Å². The molecule has 1 aliphatic heterocycles. The average molecular weight is 270 g/mol. The molecule has 0 radical (unpaired) electrons. The molecular formula is C13H13F3N2O. The first-order valence-electron chi connectivity index (χ1n) is 5.93. The van der Waals surface area contributed by atoms with Gasteiger partial charge in [-0.2, -0.15) is 18.4 Å². The number of rotatable bonds is 2. The summed E-state index contributed by atoms with van der Waals surface area (Å²) in [6, 6.07) is 5.29. The number of aliphatic hydroxyl groups excluding tert-OH is 1. The molecule has 0 amide bonds. The van der Waals surface area contributed by atoms with E-state index in [1.54, 1.807) is 11.0 Å². The van der Waals surface area contributed by atoms with Crippen molar-refractivity contribution in [2.75, 3.05) is 24.6 Å². The lowest BCUT2D eigenvalue weighted by atomic mass is 10.1. The fourth-order valence-electron chi connectivity index (χ4n) is 2.28. The molecule has 1 N–H and O–H groups in total. The van der Waals surface area contributed by atoms with Gasteiger partial charge >= 0.3 is 6.18 Å². The molecule has 1 aromatic rings. The zero-order valence-electron chi connectivity index (χ0n) is 10.1. The number of nitrogens with zero attached hydrogens (tertiary/aromatic N) is 2. The summed E-state index contributed by atoms with van der Waals surface area (Å²) in [4.78, 5) is 1.80. The number of benzene rings is 1. The summed E-state index contributed by atoms with van der Waals surface area (Å²) in [6.07, 6.45) is -3.77. The molecular weight excluding hydrogens is 257 g/mol. The third kappa shape index (κ3) is 2.82. The Morgan fingerprint density at radius 3 is 2.68 bits per heavy atom. The van der Waals surface area contributed by atoms with Crippen molar-refractivity contribution < 1.29 is 18.3 Å². The topological polar surface area (TPSA) is 47.3 Å². The van der Waals surface area contributed by atoms with E-state index in [0.717, 1.165) is 12.5 Å². The summed E-state index contributed by atoms with van der Waals surface area (Å²) in [6.45, 7) is 1.20. The summed E-state index contributed by atoms with van der Waals surface area (Å²) in [7, 11) is 0. The van der Waals surface area contributed by atoms with E-state index in [4.69, 9.17) is 10.4 Å². The van der Waals surface area contributed by atoms with Gasteiger partial charge in [0.1, 0.15) is 0 Å². The number of anilines is 1. The molecule has 1 saturated heterocycles. The van der Waals surface area contributed by atoms with E-state index in [1.807, 2.05) is 0 Å². The first kappa shape index (κ1) is 13.7. The molecule has 0 spiro atoms. The smallest absolute Gasteiger partial charge is 0.396 e. The normalized spacial score (nSPS) is 19.5. The summed E-state index contributed by atoms with van der Waals surface area (Å²) in [5.74, 6) is 0.102. The maximum Gasteiger partial charge on any atom is 0.417 e. The average Bonchev–Trinajstić information content (AvgIpc) is 2.85. The highest BCUT2D eigenvalue weighted by molar-refractivity contribution is 5.55. The largest absolute Gasteiger partial charge is 0.417 e. The number of hydrogen-bond acceptors (Lipinski definition) is 3. The fraction of sp³-hybridized carbons (Fsp3) is 0.462. The third-order valence-corrected chi connectivity index (χ3v) is 3.34. The molecule has 2 rings (SSSR count). The number of alkyl halides is 3. The van der Waals surface area contributed by atoms with Crippen molar-refractivity contribution in [1.29, 1.82) is 5.26 Å². The Labute approximate surface area is 108 Å². The first-order valence-corrected chi connectivity index (χ1v) is 5.93. The van der Waals surface area contributed by atoms with E-state index in [9.17, 15) is 13.2 Å². The van der Waals surface area contributed by atoms with E-state index in [0.29, 0.717) is 18.8 Å². The highest BCUT2D eigenvalue weighted by atomic mass is 19.4. The molecule has 102 valence electrons. The van der Waals surface area contributed by atoms with Gasteiger partial charge in [0.15, 0.2) is 0 Å². The van der Waals surface area contributed by atoms with Crippen molar-refractivity contribution in [2.45, 2.75) is 12.6 Å². The molecule has 1 atom stereocenters. The highest BCUT2D eigenvalue weighted by Crippen LogP contribution is 2.35. The van der Waals surface area contributed by atoms with E-state index in [-0.39, 0.29) is 18.1 Å². The monoisotopic (exact) mass is 270 g/mol. The van der Waals surface area contributed by atoms with Crippen LogP contribution in [0.15, 0.2) is 18.2 Å². The summed E-state index contributed by atoms with van der Waals surface area (Å²) >= 11 is 0. The number of hydrogen-bond donors (Lipinski definition) is 1. The van der Waals surface area contributed by atoms with Crippen LogP contribution in [0.2, 0.25) is 0 Å². The van der Waals surface area contributed by atoms with E-state index in [1.165, 1.54) is 12.1 Å². The van der Waals surface area contributed by atoms with Gasteiger partial charge in [-0.25, -0.2) is 0 Å². The minimum Gasteiger partial charge on any atom is -0.396 e. The van der Waals surface area contributed by atoms with Gasteiger partial charge in [0.2, 0.25) is 0 Å². The van der Waals surface area contributed by atoms with Crippen molar-refractivity contribution in [3.63, 3.8) is 0 Å². The van der Waals surface area contributed by atoms with Crippen LogP contribution in [0.1, 0.15) is 17.5 Å². The molecule has 0 bridgehead atoms. The number of aliphatic hydroxyl groups is 1. The Bertz CT molecular complexity index is 508. The SMILES string of the molecule is N#Cc1ccc(N2CCC(CO)C2)cc1C(F)(F)F. The highest BCUT2D eigenvalue weighted by Gasteiger charge is 2.34. The second kappa shape index (κ2) is 5.10. The Kier molecular flexibility index (Phi) is 3.67. The standard InChI is InChI=1S/C13H13F3N2O/c14-13(15,16)12-5-11(2-1-10(12)6-17)18-4-3-9(7-18)8-19/h1-2,5,9,19H,3-4,7-8H2. The molecule has 1 unspecified atom stereocenters. The maximum absolute atomic E-state index is 12.8. The molecule has 1 heterocycles. The van der Waals surface area contributed by atoms with Crippen LogP contribution in [0.5, 0.6) is 0 Å². The fourth-order valence-corrected chi connectivity index (χ4v) is 2.28. The molecule has 0 aromatic heterocycles. The van der Waals surface area contributed by atoms with Crippen LogP contribution in [0.25, 0.3) is 0 Å². The van der Waals surface area contributed by atoms with Gasteiger partial charge in [0.25, 0.3) is 0 Å². The van der Waals surface area contributed by atoms with E-state index >= 15 is 0 Å². The molecule has 3 nitrogen and oxygen atoms in total. The Morgan fingerprint density at radius 1 is 1.42 bits per heavy atom. The van der Waals surface area contributed by atoms with Gasteiger partial charge in [0, 0.05) is 31.3 Å². The van der Waals surface area contributed by atoms with Crippen LogP contribution in [0.4, 0.5) is 18.9 Å². The van der Waals surface area contributed by atoms with Gasteiger partial charge < -0.3 is 10.0 Å². The molecule has 1 aliphatic rings. The van der Waals surface area contributed by atoms with Crippen molar-refractivity contribution in [3.05, 3.63) is 29.3 Å². The molecule has 1 aromatic carbocycles. The Balaban J connectivity index is 2.32. The van der Waals surface area contributed by atoms with Gasteiger partial charge in [-0.05, 0) is 24.6 Å². The molecule has 6 heteroatoms. The Hall–Kier alpha value is -1.74. The lowest BCUT2D eigenvalue weighted by Gasteiger charge is -2.20. The quantitative estimate of drug-likeness (QED) is 0.897. The predicted molar refractivity (Wildman–Crippen MR) is 63.6 cm³/mol. The van der Waals surface area contributed by atoms with Gasteiger partial charge in [-0.3, -0.25) is 0 Å². The summed E-state index contributed by atoms with van der Waals surface area (Å²) in [5.41, 5.74) is -0.823. The van der Waals surface area contributed by atoms with Crippen molar-refractivity contribution in [3.8, 4) is 6.07 Å². The van der Waals surface area contributed by atoms with Gasteiger partial charge in [-0.1, -0.05) is 0 Å². The van der Waals surface area contributed by atoms with Crippen LogP contribution < -0.4 is 4.90 Å². The first-order chi connectivity index (χ1) is 8.95. The van der Waals surface area contributed by atoms with Crippen LogP contribution >= 0.6 is 0 Å². The van der Waals surface area contributed by atoms with Gasteiger partial charge in [-0.15, -0.1) is 0 Å². The third-order valence-electron chi connectivity index (χ3n) is 3.34.